The van der Waals surface area contributed by atoms with Crippen LogP contribution < -0.4 is 14.4 Å². The van der Waals surface area contributed by atoms with E-state index < -0.39 is 0 Å². The van der Waals surface area contributed by atoms with Crippen LogP contribution in [0.5, 0.6) is 11.5 Å². The van der Waals surface area contributed by atoms with Crippen LogP contribution in [0.4, 0.5) is 5.69 Å². The van der Waals surface area contributed by atoms with Crippen LogP contribution >= 0.6 is 0 Å². The number of benzene rings is 2. The summed E-state index contributed by atoms with van der Waals surface area (Å²) in [5.41, 5.74) is 2.36. The lowest BCUT2D eigenvalue weighted by Crippen LogP contribution is -2.24. The number of rotatable bonds is 8. The van der Waals surface area contributed by atoms with Gasteiger partial charge in [0.2, 0.25) is 0 Å². The molecule has 2 aromatic rings. The Labute approximate surface area is 162 Å². The van der Waals surface area contributed by atoms with Gasteiger partial charge in [0.15, 0.2) is 0 Å². The van der Waals surface area contributed by atoms with Gasteiger partial charge in [0, 0.05) is 31.1 Å². The zero-order chi connectivity index (χ0) is 19.2. The van der Waals surface area contributed by atoms with Crippen molar-refractivity contribution in [1.29, 1.82) is 0 Å². The van der Waals surface area contributed by atoms with E-state index in [-0.39, 0.29) is 17.8 Å². The number of hydrogen-bond donors (Lipinski definition) is 0. The summed E-state index contributed by atoms with van der Waals surface area (Å²) in [6, 6.07) is 16.4. The molecule has 0 saturated carbocycles. The van der Waals surface area contributed by atoms with Crippen LogP contribution in [0.15, 0.2) is 48.5 Å². The monoisotopic (exact) mass is 367 g/mol. The fraction of sp³-hybridized carbons (Fsp3) is 0.435. The summed E-state index contributed by atoms with van der Waals surface area (Å²) in [7, 11) is 0. The molecule has 0 unspecified atom stereocenters. The van der Waals surface area contributed by atoms with Gasteiger partial charge in [0.1, 0.15) is 23.4 Å². The van der Waals surface area contributed by atoms with Gasteiger partial charge in [0.25, 0.3) is 0 Å². The molecular formula is C23H29NO3. The van der Waals surface area contributed by atoms with Crippen molar-refractivity contribution in [2.75, 3.05) is 24.6 Å². The zero-order valence-electron chi connectivity index (χ0n) is 16.5. The first-order chi connectivity index (χ1) is 13.0. The van der Waals surface area contributed by atoms with Crippen molar-refractivity contribution in [3.05, 3.63) is 54.1 Å². The van der Waals surface area contributed by atoms with Crippen LogP contribution in [0.1, 0.15) is 45.1 Å². The summed E-state index contributed by atoms with van der Waals surface area (Å²) in [5, 5.41) is 0. The van der Waals surface area contributed by atoms with Gasteiger partial charge in [-0.1, -0.05) is 25.1 Å². The Balaban J connectivity index is 1.56. The molecule has 4 nitrogen and oxygen atoms in total. The van der Waals surface area contributed by atoms with Crippen LogP contribution in [0.25, 0.3) is 0 Å². The van der Waals surface area contributed by atoms with Crippen molar-refractivity contribution >= 4 is 11.5 Å². The van der Waals surface area contributed by atoms with Crippen LogP contribution in [-0.4, -0.2) is 31.6 Å². The van der Waals surface area contributed by atoms with Crippen molar-refractivity contribution in [1.82, 2.24) is 0 Å². The van der Waals surface area contributed by atoms with E-state index in [2.05, 4.69) is 36.1 Å². The predicted octanol–water partition coefficient (Wildman–Crippen LogP) is 4.83. The maximum atomic E-state index is 11.3. The van der Waals surface area contributed by atoms with Crippen LogP contribution in [0, 0.1) is 0 Å². The minimum Gasteiger partial charge on any atom is -0.494 e. The largest absolute Gasteiger partial charge is 0.494 e. The van der Waals surface area contributed by atoms with Crippen molar-refractivity contribution in [2.45, 2.75) is 45.6 Å². The Kier molecular flexibility index (Phi) is 6.38. The molecule has 0 aromatic heterocycles. The summed E-state index contributed by atoms with van der Waals surface area (Å²) in [5.74, 6) is 2.27. The van der Waals surface area contributed by atoms with E-state index in [0.29, 0.717) is 13.0 Å². The van der Waals surface area contributed by atoms with Gasteiger partial charge < -0.3 is 19.2 Å². The Morgan fingerprint density at radius 1 is 1.19 bits per heavy atom. The number of hydrogen-bond acceptors (Lipinski definition) is 4. The molecule has 0 aliphatic carbocycles. The van der Waals surface area contributed by atoms with Crippen molar-refractivity contribution in [2.24, 2.45) is 0 Å². The third-order valence-corrected chi connectivity index (χ3v) is 4.98. The molecular weight excluding hydrogens is 338 g/mol. The van der Waals surface area contributed by atoms with E-state index >= 15 is 0 Å². The molecule has 1 aliphatic heterocycles. The number of nitrogens with zero attached hydrogens (tertiary/aromatic N) is 1. The minimum absolute atomic E-state index is 0.182. The lowest BCUT2D eigenvalue weighted by molar-refractivity contribution is -0.117. The van der Waals surface area contributed by atoms with Gasteiger partial charge in [0.05, 0.1) is 13.2 Å². The first-order valence-corrected chi connectivity index (χ1v) is 9.79. The summed E-state index contributed by atoms with van der Waals surface area (Å²) in [6.45, 7) is 8.26. The van der Waals surface area contributed by atoms with E-state index in [1.165, 1.54) is 11.3 Å². The molecule has 1 heterocycles. The third-order valence-electron chi connectivity index (χ3n) is 4.98. The summed E-state index contributed by atoms with van der Waals surface area (Å²) < 4.78 is 11.8. The Bertz CT molecular complexity index is 756. The molecule has 0 radical (unpaired) electrons. The number of carbonyl (C=O) groups excluding carboxylic acids is 1. The number of Topliss-reactive ketones (excluding diaryl/α,β-unsaturated/α-hetero) is 1. The highest BCUT2D eigenvalue weighted by molar-refractivity contribution is 5.76. The summed E-state index contributed by atoms with van der Waals surface area (Å²) in [4.78, 5) is 13.6. The molecule has 3 rings (SSSR count). The smallest absolute Gasteiger partial charge is 0.130 e. The highest BCUT2D eigenvalue weighted by atomic mass is 16.5. The summed E-state index contributed by atoms with van der Waals surface area (Å²) in [6.07, 6.45) is 1.76. The van der Waals surface area contributed by atoms with Gasteiger partial charge in [-0.25, -0.2) is 0 Å². The first-order valence-electron chi connectivity index (χ1n) is 9.79. The molecule has 1 aliphatic rings. The lowest BCUT2D eigenvalue weighted by Gasteiger charge is -2.20. The van der Waals surface area contributed by atoms with Crippen LogP contribution in [0.2, 0.25) is 0 Å². The number of carbonyl (C=O) groups is 1. The fourth-order valence-electron chi connectivity index (χ4n) is 3.61. The predicted molar refractivity (Wildman–Crippen MR) is 109 cm³/mol. The third kappa shape index (κ3) is 5.25. The number of ether oxygens (including phenoxy) is 2. The van der Waals surface area contributed by atoms with Gasteiger partial charge in [-0.15, -0.1) is 0 Å². The van der Waals surface area contributed by atoms with E-state index in [9.17, 15) is 4.79 Å². The normalized spacial score (nSPS) is 17.6. The molecule has 1 fully saturated rings. The SMILES string of the molecule is CCOc1cccc(N2CC[C@@H](Oc3ccc([C@H](C)CC(C)=O)cc3)C2)c1. The fourth-order valence-corrected chi connectivity index (χ4v) is 3.61. The van der Waals surface area contributed by atoms with E-state index in [0.717, 1.165) is 31.0 Å². The van der Waals surface area contributed by atoms with Crippen molar-refractivity contribution in [3.8, 4) is 11.5 Å². The first kappa shape index (κ1) is 19.3. The van der Waals surface area contributed by atoms with Gasteiger partial charge in [-0.05, 0) is 49.6 Å². The highest BCUT2D eigenvalue weighted by Crippen LogP contribution is 2.28. The van der Waals surface area contributed by atoms with Gasteiger partial charge in [-0.2, -0.15) is 0 Å². The Morgan fingerprint density at radius 2 is 1.96 bits per heavy atom. The molecule has 0 bridgehead atoms. The number of anilines is 1. The lowest BCUT2D eigenvalue weighted by atomic mass is 9.96. The standard InChI is InChI=1S/C23H29NO3/c1-4-26-22-7-5-6-20(15-22)24-13-12-23(16-24)27-21-10-8-19(9-11-21)17(2)14-18(3)25/h5-11,15,17,23H,4,12-14,16H2,1-3H3/t17-,23-/m1/s1. The molecule has 0 N–H and O–H groups in total. The van der Waals surface area contributed by atoms with Crippen molar-refractivity contribution in [3.63, 3.8) is 0 Å². The van der Waals surface area contributed by atoms with Crippen LogP contribution in [0.3, 0.4) is 0 Å². The zero-order valence-corrected chi connectivity index (χ0v) is 16.5. The topological polar surface area (TPSA) is 38.8 Å². The molecule has 0 spiro atoms. The summed E-state index contributed by atoms with van der Waals surface area (Å²) >= 11 is 0. The highest BCUT2D eigenvalue weighted by Gasteiger charge is 2.24. The molecule has 4 heteroatoms. The number of ketones is 1. The molecule has 0 amide bonds. The Morgan fingerprint density at radius 3 is 2.67 bits per heavy atom. The second-order valence-corrected chi connectivity index (χ2v) is 7.28. The molecule has 144 valence electrons. The second kappa shape index (κ2) is 8.94. The molecule has 2 atom stereocenters. The van der Waals surface area contributed by atoms with Crippen LogP contribution in [-0.2, 0) is 4.79 Å². The molecule has 1 saturated heterocycles. The van der Waals surface area contributed by atoms with Gasteiger partial charge in [-0.3, -0.25) is 0 Å². The Hall–Kier alpha value is -2.49. The average Bonchev–Trinajstić information content (AvgIpc) is 3.11. The van der Waals surface area contributed by atoms with E-state index in [4.69, 9.17) is 9.47 Å². The molecule has 27 heavy (non-hydrogen) atoms. The maximum absolute atomic E-state index is 11.3. The maximum Gasteiger partial charge on any atom is 0.130 e. The molecule has 2 aromatic carbocycles. The minimum atomic E-state index is 0.182. The quantitative estimate of drug-likeness (QED) is 0.670. The second-order valence-electron chi connectivity index (χ2n) is 7.28. The van der Waals surface area contributed by atoms with E-state index in [1.807, 2.05) is 31.2 Å². The van der Waals surface area contributed by atoms with Crippen molar-refractivity contribution < 1.29 is 14.3 Å². The van der Waals surface area contributed by atoms with Gasteiger partial charge >= 0.3 is 0 Å². The average molecular weight is 367 g/mol. The van der Waals surface area contributed by atoms with E-state index in [1.54, 1.807) is 6.92 Å².